The van der Waals surface area contributed by atoms with Crippen molar-refractivity contribution in [1.29, 1.82) is 0 Å². The van der Waals surface area contributed by atoms with Crippen LogP contribution >= 0.6 is 0 Å². The van der Waals surface area contributed by atoms with Gasteiger partial charge in [-0.15, -0.1) is 0 Å². The highest BCUT2D eigenvalue weighted by molar-refractivity contribution is 5.97. The Labute approximate surface area is 151 Å². The second kappa shape index (κ2) is 9.31. The summed E-state index contributed by atoms with van der Waals surface area (Å²) in [6.07, 6.45) is 1.54. The van der Waals surface area contributed by atoms with Crippen LogP contribution in [0.25, 0.3) is 0 Å². The Morgan fingerprint density at radius 3 is 2.35 bits per heavy atom. The van der Waals surface area contributed by atoms with Crippen LogP contribution in [0.3, 0.4) is 0 Å². The lowest BCUT2D eigenvalue weighted by molar-refractivity contribution is -0.150. The van der Waals surface area contributed by atoms with Gasteiger partial charge in [0.15, 0.2) is 6.61 Å². The first-order chi connectivity index (χ1) is 12.5. The fourth-order valence-corrected chi connectivity index (χ4v) is 2.15. The highest BCUT2D eigenvalue weighted by Gasteiger charge is 2.26. The van der Waals surface area contributed by atoms with Crippen molar-refractivity contribution in [2.24, 2.45) is 5.92 Å². The van der Waals surface area contributed by atoms with Crippen LogP contribution in [0.4, 0.5) is 5.82 Å². The van der Waals surface area contributed by atoms with Crippen molar-refractivity contribution in [2.45, 2.75) is 19.9 Å². The SMILES string of the molecule is CC(C)[C@H](NC(=O)c1ccccc1)C(=O)OCC(=O)Nc1ccccn1. The maximum absolute atomic E-state index is 12.3. The third-order valence-corrected chi connectivity index (χ3v) is 3.52. The Kier molecular flexibility index (Phi) is 6.84. The molecule has 2 amide bonds. The molecule has 0 aliphatic rings. The van der Waals surface area contributed by atoms with Gasteiger partial charge in [-0.05, 0) is 30.2 Å². The molecule has 1 atom stereocenters. The molecule has 0 bridgehead atoms. The first-order valence-corrected chi connectivity index (χ1v) is 8.21. The number of aromatic nitrogens is 1. The molecule has 7 nitrogen and oxygen atoms in total. The number of nitrogens with one attached hydrogen (secondary N) is 2. The van der Waals surface area contributed by atoms with Crippen molar-refractivity contribution in [3.05, 3.63) is 60.3 Å². The molecule has 2 rings (SSSR count). The Balaban J connectivity index is 1.89. The van der Waals surface area contributed by atoms with Gasteiger partial charge in [0.1, 0.15) is 11.9 Å². The lowest BCUT2D eigenvalue weighted by Gasteiger charge is -2.20. The van der Waals surface area contributed by atoms with Gasteiger partial charge in [0.05, 0.1) is 0 Å². The highest BCUT2D eigenvalue weighted by atomic mass is 16.5. The summed E-state index contributed by atoms with van der Waals surface area (Å²) in [5.74, 6) is -1.38. The predicted molar refractivity (Wildman–Crippen MR) is 96.4 cm³/mol. The predicted octanol–water partition coefficient (Wildman–Crippen LogP) is 2.02. The maximum Gasteiger partial charge on any atom is 0.329 e. The van der Waals surface area contributed by atoms with E-state index >= 15 is 0 Å². The first kappa shape index (κ1) is 19.1. The van der Waals surface area contributed by atoms with Gasteiger partial charge in [0.2, 0.25) is 0 Å². The molecule has 2 aromatic rings. The fourth-order valence-electron chi connectivity index (χ4n) is 2.15. The van der Waals surface area contributed by atoms with E-state index in [9.17, 15) is 14.4 Å². The van der Waals surface area contributed by atoms with Crippen LogP contribution in [0.1, 0.15) is 24.2 Å². The third kappa shape index (κ3) is 5.70. The molecule has 0 spiro atoms. The summed E-state index contributed by atoms with van der Waals surface area (Å²) in [5.41, 5.74) is 0.443. The Hall–Kier alpha value is -3.22. The number of hydrogen-bond acceptors (Lipinski definition) is 5. The summed E-state index contributed by atoms with van der Waals surface area (Å²) in [5, 5.41) is 5.17. The van der Waals surface area contributed by atoms with E-state index in [4.69, 9.17) is 4.74 Å². The zero-order valence-electron chi connectivity index (χ0n) is 14.6. The smallest absolute Gasteiger partial charge is 0.329 e. The fraction of sp³-hybridized carbons (Fsp3) is 0.263. The number of anilines is 1. The molecule has 0 saturated heterocycles. The summed E-state index contributed by atoms with van der Waals surface area (Å²) in [4.78, 5) is 40.3. The van der Waals surface area contributed by atoms with E-state index < -0.39 is 24.5 Å². The minimum atomic E-state index is -0.856. The standard InChI is InChI=1S/C19H21N3O4/c1-13(2)17(22-18(24)14-8-4-3-5-9-14)19(25)26-12-16(23)21-15-10-6-7-11-20-15/h3-11,13,17H,12H2,1-2H3,(H,22,24)(H,20,21,23)/t17-/m0/s1. The van der Waals surface area contributed by atoms with Crippen LogP contribution < -0.4 is 10.6 Å². The lowest BCUT2D eigenvalue weighted by Crippen LogP contribution is -2.45. The number of carbonyl (C=O) groups excluding carboxylic acids is 3. The van der Waals surface area contributed by atoms with Crippen LogP contribution in [0, 0.1) is 5.92 Å². The van der Waals surface area contributed by atoms with Crippen LogP contribution in [0.15, 0.2) is 54.7 Å². The third-order valence-electron chi connectivity index (χ3n) is 3.52. The van der Waals surface area contributed by atoms with Crippen LogP contribution in [-0.4, -0.2) is 35.4 Å². The largest absolute Gasteiger partial charge is 0.454 e. The molecular formula is C19H21N3O4. The zero-order chi connectivity index (χ0) is 18.9. The van der Waals surface area contributed by atoms with E-state index in [1.807, 2.05) is 0 Å². The zero-order valence-corrected chi connectivity index (χ0v) is 14.6. The first-order valence-electron chi connectivity index (χ1n) is 8.21. The number of benzene rings is 1. The number of amides is 2. The van der Waals surface area contributed by atoms with Crippen molar-refractivity contribution < 1.29 is 19.1 Å². The number of pyridine rings is 1. The van der Waals surface area contributed by atoms with Crippen molar-refractivity contribution in [3.8, 4) is 0 Å². The molecular weight excluding hydrogens is 334 g/mol. The monoisotopic (exact) mass is 355 g/mol. The Bertz CT molecular complexity index is 748. The molecule has 1 aromatic heterocycles. The topological polar surface area (TPSA) is 97.4 Å². The summed E-state index contributed by atoms with van der Waals surface area (Å²) in [7, 11) is 0. The molecule has 0 fully saturated rings. The molecule has 2 N–H and O–H groups in total. The summed E-state index contributed by atoms with van der Waals surface area (Å²) in [6, 6.07) is 12.8. The average Bonchev–Trinajstić information content (AvgIpc) is 2.65. The molecule has 26 heavy (non-hydrogen) atoms. The van der Waals surface area contributed by atoms with E-state index in [1.165, 1.54) is 6.20 Å². The minimum Gasteiger partial charge on any atom is -0.454 e. The van der Waals surface area contributed by atoms with E-state index in [-0.39, 0.29) is 11.8 Å². The van der Waals surface area contributed by atoms with Crippen molar-refractivity contribution >= 4 is 23.6 Å². The molecule has 0 saturated carbocycles. The average molecular weight is 355 g/mol. The van der Waals surface area contributed by atoms with Crippen molar-refractivity contribution in [2.75, 3.05) is 11.9 Å². The van der Waals surface area contributed by atoms with Gasteiger partial charge in [-0.3, -0.25) is 9.59 Å². The number of esters is 1. The van der Waals surface area contributed by atoms with Crippen LogP contribution in [-0.2, 0) is 14.3 Å². The summed E-state index contributed by atoms with van der Waals surface area (Å²) < 4.78 is 5.04. The minimum absolute atomic E-state index is 0.200. The number of ether oxygens (including phenoxy) is 1. The molecule has 0 radical (unpaired) electrons. The number of carbonyl (C=O) groups is 3. The second-order valence-electron chi connectivity index (χ2n) is 5.93. The maximum atomic E-state index is 12.3. The number of nitrogens with zero attached hydrogens (tertiary/aromatic N) is 1. The molecule has 1 aromatic carbocycles. The second-order valence-corrected chi connectivity index (χ2v) is 5.93. The van der Waals surface area contributed by atoms with Crippen LogP contribution in [0.2, 0.25) is 0 Å². The van der Waals surface area contributed by atoms with Gasteiger partial charge >= 0.3 is 5.97 Å². The molecule has 136 valence electrons. The van der Waals surface area contributed by atoms with Gasteiger partial charge in [0, 0.05) is 11.8 Å². The van der Waals surface area contributed by atoms with E-state index in [0.29, 0.717) is 11.4 Å². The van der Waals surface area contributed by atoms with Gasteiger partial charge < -0.3 is 15.4 Å². The van der Waals surface area contributed by atoms with Gasteiger partial charge in [-0.25, -0.2) is 9.78 Å². The highest BCUT2D eigenvalue weighted by Crippen LogP contribution is 2.07. The normalized spacial score (nSPS) is 11.5. The van der Waals surface area contributed by atoms with Crippen molar-refractivity contribution in [1.82, 2.24) is 10.3 Å². The Morgan fingerprint density at radius 2 is 1.73 bits per heavy atom. The summed E-state index contributed by atoms with van der Waals surface area (Å²) >= 11 is 0. The van der Waals surface area contributed by atoms with Crippen molar-refractivity contribution in [3.63, 3.8) is 0 Å². The molecule has 1 heterocycles. The molecule has 0 unspecified atom stereocenters. The van der Waals surface area contributed by atoms with E-state index in [0.717, 1.165) is 0 Å². The molecule has 0 aliphatic heterocycles. The lowest BCUT2D eigenvalue weighted by atomic mass is 10.0. The quantitative estimate of drug-likeness (QED) is 0.741. The van der Waals surface area contributed by atoms with Gasteiger partial charge in [-0.1, -0.05) is 38.1 Å². The Morgan fingerprint density at radius 1 is 1.04 bits per heavy atom. The molecule has 0 aliphatic carbocycles. The van der Waals surface area contributed by atoms with Gasteiger partial charge in [0.25, 0.3) is 11.8 Å². The van der Waals surface area contributed by atoms with E-state index in [2.05, 4.69) is 15.6 Å². The van der Waals surface area contributed by atoms with E-state index in [1.54, 1.807) is 62.4 Å². The van der Waals surface area contributed by atoms with Gasteiger partial charge in [-0.2, -0.15) is 0 Å². The number of hydrogen-bond donors (Lipinski definition) is 2. The molecule has 7 heteroatoms. The summed E-state index contributed by atoms with van der Waals surface area (Å²) in [6.45, 7) is 3.11. The number of rotatable bonds is 7. The van der Waals surface area contributed by atoms with Crippen LogP contribution in [0.5, 0.6) is 0 Å².